The van der Waals surface area contributed by atoms with Gasteiger partial charge in [-0.3, -0.25) is 4.79 Å². The standard InChI is InChI=1S/C18H21N3O3S/c1-14-19-16(13-25-14)11-17(22)20-7-9-21(10-8-20)18(23)24-12-15-5-3-2-4-6-15/h2-6,13H,7-12H2,1H3. The lowest BCUT2D eigenvalue weighted by molar-refractivity contribution is -0.132. The zero-order valence-corrected chi connectivity index (χ0v) is 15.0. The molecule has 0 bridgehead atoms. The zero-order chi connectivity index (χ0) is 17.6. The van der Waals surface area contributed by atoms with Crippen molar-refractivity contribution in [3.05, 3.63) is 52.0 Å². The van der Waals surface area contributed by atoms with Gasteiger partial charge in [0.25, 0.3) is 0 Å². The van der Waals surface area contributed by atoms with Gasteiger partial charge >= 0.3 is 6.09 Å². The fourth-order valence-corrected chi connectivity index (χ4v) is 3.32. The van der Waals surface area contributed by atoms with Gasteiger partial charge in [0.2, 0.25) is 5.91 Å². The Morgan fingerprint density at radius 2 is 1.80 bits per heavy atom. The quantitative estimate of drug-likeness (QED) is 0.841. The van der Waals surface area contributed by atoms with Crippen LogP contribution < -0.4 is 0 Å². The lowest BCUT2D eigenvalue weighted by Crippen LogP contribution is -2.51. The Morgan fingerprint density at radius 1 is 1.12 bits per heavy atom. The molecule has 1 aromatic carbocycles. The van der Waals surface area contributed by atoms with Crippen molar-refractivity contribution < 1.29 is 14.3 Å². The maximum Gasteiger partial charge on any atom is 0.410 e. The number of hydrogen-bond donors (Lipinski definition) is 0. The van der Waals surface area contributed by atoms with Crippen molar-refractivity contribution in [1.82, 2.24) is 14.8 Å². The molecule has 2 heterocycles. The Kier molecular flexibility index (Phi) is 5.65. The highest BCUT2D eigenvalue weighted by Crippen LogP contribution is 2.12. The minimum absolute atomic E-state index is 0.0580. The van der Waals surface area contributed by atoms with Crippen LogP contribution in [0.2, 0.25) is 0 Å². The fourth-order valence-electron chi connectivity index (χ4n) is 2.71. The van der Waals surface area contributed by atoms with Crippen molar-refractivity contribution in [2.75, 3.05) is 26.2 Å². The number of rotatable bonds is 4. The van der Waals surface area contributed by atoms with Crippen molar-refractivity contribution in [1.29, 1.82) is 0 Å². The van der Waals surface area contributed by atoms with E-state index in [1.165, 1.54) is 0 Å². The summed E-state index contributed by atoms with van der Waals surface area (Å²) in [5, 5.41) is 2.89. The third kappa shape index (κ3) is 4.79. The van der Waals surface area contributed by atoms with Crippen LogP contribution >= 0.6 is 11.3 Å². The summed E-state index contributed by atoms with van der Waals surface area (Å²) in [5.74, 6) is 0.0580. The highest BCUT2D eigenvalue weighted by molar-refractivity contribution is 7.09. The van der Waals surface area contributed by atoms with Crippen molar-refractivity contribution >= 4 is 23.3 Å². The van der Waals surface area contributed by atoms with E-state index in [0.717, 1.165) is 16.3 Å². The van der Waals surface area contributed by atoms with Crippen LogP contribution in [0.3, 0.4) is 0 Å². The molecule has 7 heteroatoms. The maximum atomic E-state index is 12.3. The molecular weight excluding hydrogens is 338 g/mol. The minimum atomic E-state index is -0.328. The number of benzene rings is 1. The number of piperazine rings is 1. The van der Waals surface area contributed by atoms with Gasteiger partial charge in [-0.05, 0) is 12.5 Å². The normalized spacial score (nSPS) is 14.4. The van der Waals surface area contributed by atoms with E-state index in [0.29, 0.717) is 32.6 Å². The van der Waals surface area contributed by atoms with Crippen molar-refractivity contribution in [2.45, 2.75) is 20.0 Å². The van der Waals surface area contributed by atoms with Crippen LogP contribution in [0.4, 0.5) is 4.79 Å². The molecule has 0 aliphatic carbocycles. The first kappa shape index (κ1) is 17.4. The molecule has 0 N–H and O–H groups in total. The van der Waals surface area contributed by atoms with Gasteiger partial charge in [-0.15, -0.1) is 11.3 Å². The first-order chi connectivity index (χ1) is 12.1. The summed E-state index contributed by atoms with van der Waals surface area (Å²) in [7, 11) is 0. The van der Waals surface area contributed by atoms with Crippen LogP contribution in [0.5, 0.6) is 0 Å². The van der Waals surface area contributed by atoms with Crippen LogP contribution in [-0.2, 0) is 22.6 Å². The molecular formula is C18H21N3O3S. The van der Waals surface area contributed by atoms with E-state index in [2.05, 4.69) is 4.98 Å². The number of aromatic nitrogens is 1. The third-order valence-corrected chi connectivity index (χ3v) is 4.92. The molecule has 0 spiro atoms. The van der Waals surface area contributed by atoms with Crippen molar-refractivity contribution in [3.63, 3.8) is 0 Å². The van der Waals surface area contributed by atoms with Crippen molar-refractivity contribution in [2.24, 2.45) is 0 Å². The Balaban J connectivity index is 1.43. The Hall–Kier alpha value is -2.41. The van der Waals surface area contributed by atoms with Gasteiger partial charge in [0.1, 0.15) is 6.61 Å². The van der Waals surface area contributed by atoms with Crippen LogP contribution in [0.25, 0.3) is 0 Å². The van der Waals surface area contributed by atoms with Gasteiger partial charge in [-0.1, -0.05) is 30.3 Å². The Bertz CT molecular complexity index is 724. The van der Waals surface area contributed by atoms with Crippen LogP contribution in [0.15, 0.2) is 35.7 Å². The molecule has 3 rings (SSSR count). The summed E-state index contributed by atoms with van der Waals surface area (Å²) >= 11 is 1.55. The predicted octanol–water partition coefficient (Wildman–Crippen LogP) is 2.48. The second-order valence-corrected chi connectivity index (χ2v) is 7.00. The number of nitrogens with zero attached hydrogens (tertiary/aromatic N) is 3. The van der Waals surface area contributed by atoms with Gasteiger partial charge < -0.3 is 14.5 Å². The summed E-state index contributed by atoms with van der Waals surface area (Å²) < 4.78 is 5.34. The van der Waals surface area contributed by atoms with E-state index in [-0.39, 0.29) is 18.6 Å². The molecule has 0 saturated carbocycles. The molecule has 0 unspecified atom stereocenters. The topological polar surface area (TPSA) is 62.7 Å². The van der Waals surface area contributed by atoms with Crippen LogP contribution in [-0.4, -0.2) is 53.0 Å². The average Bonchev–Trinajstić information content (AvgIpc) is 3.05. The summed E-state index contributed by atoms with van der Waals surface area (Å²) in [6.45, 7) is 4.25. The van der Waals surface area contributed by atoms with Gasteiger partial charge in [-0.2, -0.15) is 0 Å². The molecule has 1 aliphatic heterocycles. The van der Waals surface area contributed by atoms with E-state index in [4.69, 9.17) is 4.74 Å². The van der Waals surface area contributed by atoms with Crippen LogP contribution in [0.1, 0.15) is 16.3 Å². The fraction of sp³-hybridized carbons (Fsp3) is 0.389. The number of thiazole rings is 1. The molecule has 1 aliphatic rings. The molecule has 0 radical (unpaired) electrons. The van der Waals surface area contributed by atoms with E-state index >= 15 is 0 Å². The third-order valence-electron chi connectivity index (χ3n) is 4.09. The summed E-state index contributed by atoms with van der Waals surface area (Å²) in [4.78, 5) is 32.2. The molecule has 6 nitrogen and oxygen atoms in total. The number of amides is 2. The van der Waals surface area contributed by atoms with E-state index < -0.39 is 0 Å². The van der Waals surface area contributed by atoms with E-state index in [1.54, 1.807) is 21.1 Å². The predicted molar refractivity (Wildman–Crippen MR) is 95.3 cm³/mol. The second kappa shape index (κ2) is 8.11. The summed E-state index contributed by atoms with van der Waals surface area (Å²) in [6.07, 6.45) is -0.00549. The van der Waals surface area contributed by atoms with E-state index in [1.807, 2.05) is 42.6 Å². The van der Waals surface area contributed by atoms with Gasteiger partial charge in [0.05, 0.1) is 17.1 Å². The molecule has 132 valence electrons. The summed E-state index contributed by atoms with van der Waals surface area (Å²) in [6, 6.07) is 9.59. The number of aryl methyl sites for hydroxylation is 1. The molecule has 1 fully saturated rings. The van der Waals surface area contributed by atoms with Gasteiger partial charge in [0, 0.05) is 31.6 Å². The highest BCUT2D eigenvalue weighted by atomic mass is 32.1. The second-order valence-electron chi connectivity index (χ2n) is 5.94. The number of hydrogen-bond acceptors (Lipinski definition) is 5. The lowest BCUT2D eigenvalue weighted by atomic mass is 10.2. The summed E-state index contributed by atoms with van der Waals surface area (Å²) in [5.41, 5.74) is 1.78. The number of carbonyl (C=O) groups is 2. The highest BCUT2D eigenvalue weighted by Gasteiger charge is 2.25. The van der Waals surface area contributed by atoms with Crippen molar-refractivity contribution in [3.8, 4) is 0 Å². The molecule has 25 heavy (non-hydrogen) atoms. The average molecular weight is 359 g/mol. The lowest BCUT2D eigenvalue weighted by Gasteiger charge is -2.34. The Labute approximate surface area is 151 Å². The molecule has 1 aromatic heterocycles. The number of ether oxygens (including phenoxy) is 1. The first-order valence-corrected chi connectivity index (χ1v) is 9.14. The molecule has 1 saturated heterocycles. The molecule has 0 atom stereocenters. The van der Waals surface area contributed by atoms with Gasteiger partial charge in [0.15, 0.2) is 0 Å². The largest absolute Gasteiger partial charge is 0.445 e. The van der Waals surface area contributed by atoms with E-state index in [9.17, 15) is 9.59 Å². The first-order valence-electron chi connectivity index (χ1n) is 8.26. The van der Waals surface area contributed by atoms with Crippen LogP contribution in [0, 0.1) is 6.92 Å². The maximum absolute atomic E-state index is 12.3. The number of carbonyl (C=O) groups excluding carboxylic acids is 2. The monoisotopic (exact) mass is 359 g/mol. The minimum Gasteiger partial charge on any atom is -0.445 e. The smallest absolute Gasteiger partial charge is 0.410 e. The zero-order valence-electron chi connectivity index (χ0n) is 14.2. The SMILES string of the molecule is Cc1nc(CC(=O)N2CCN(C(=O)OCc3ccccc3)CC2)cs1. The Morgan fingerprint density at radius 3 is 2.44 bits per heavy atom. The molecule has 2 amide bonds. The molecule has 2 aromatic rings. The van der Waals surface area contributed by atoms with Gasteiger partial charge in [-0.25, -0.2) is 9.78 Å².